The summed E-state index contributed by atoms with van der Waals surface area (Å²) in [7, 11) is 0. The van der Waals surface area contributed by atoms with Crippen molar-refractivity contribution in [3.05, 3.63) is 77.9 Å². The van der Waals surface area contributed by atoms with Crippen molar-refractivity contribution in [2.24, 2.45) is 10.9 Å². The molecule has 0 spiro atoms. The van der Waals surface area contributed by atoms with E-state index in [1.807, 2.05) is 36.4 Å². The molecule has 0 saturated carbocycles. The Balaban J connectivity index is 1.65. The number of carboxylic acid groups (broad SMARTS) is 1. The van der Waals surface area contributed by atoms with Crippen LogP contribution in [0.3, 0.4) is 0 Å². The highest BCUT2D eigenvalue weighted by molar-refractivity contribution is 5.97. The van der Waals surface area contributed by atoms with Gasteiger partial charge in [-0.15, -0.1) is 0 Å². The number of hydrogen-bond donors (Lipinski definition) is 5. The van der Waals surface area contributed by atoms with E-state index in [1.165, 1.54) is 6.34 Å². The summed E-state index contributed by atoms with van der Waals surface area (Å²) >= 11 is 0. The number of hydrogen-bond acceptors (Lipinski definition) is 5. The molecule has 0 fully saturated rings. The minimum absolute atomic E-state index is 0.283. The van der Waals surface area contributed by atoms with Gasteiger partial charge in [0, 0.05) is 11.3 Å². The van der Waals surface area contributed by atoms with Crippen molar-refractivity contribution in [3.8, 4) is 0 Å². The van der Waals surface area contributed by atoms with Gasteiger partial charge in [-0.2, -0.15) is 5.10 Å². The van der Waals surface area contributed by atoms with Gasteiger partial charge < -0.3 is 26.9 Å². The maximum Gasteiger partial charge on any atom is 0.305 e. The van der Waals surface area contributed by atoms with E-state index in [0.717, 1.165) is 10.8 Å². The smallest absolute Gasteiger partial charge is 0.305 e. The Hall–Kier alpha value is -4.40. The number of rotatable bonds is 9. The molecule has 1 unspecified atom stereocenters. The highest BCUT2D eigenvalue weighted by Gasteiger charge is 2.19. The molecule has 164 valence electrons. The second-order valence-corrected chi connectivity index (χ2v) is 7.01. The average molecular weight is 433 g/mol. The summed E-state index contributed by atoms with van der Waals surface area (Å²) in [5.74, 6) is 3.05. The highest BCUT2D eigenvalue weighted by atomic mass is 16.4. The van der Waals surface area contributed by atoms with E-state index in [9.17, 15) is 19.5 Å². The average Bonchev–Trinajstić information content (AvgIpc) is 2.80. The Bertz CT molecular complexity index is 1160. The molecule has 3 aromatic carbocycles. The zero-order valence-corrected chi connectivity index (χ0v) is 17.1. The maximum atomic E-state index is 12.5. The fourth-order valence-electron chi connectivity index (χ4n) is 3.22. The van der Waals surface area contributed by atoms with Crippen LogP contribution in [0, 0.1) is 0 Å². The fourth-order valence-corrected chi connectivity index (χ4v) is 3.22. The number of carbonyl (C=O) groups is 3. The third-order valence-corrected chi connectivity index (χ3v) is 4.73. The van der Waals surface area contributed by atoms with Gasteiger partial charge in [-0.3, -0.25) is 14.4 Å². The summed E-state index contributed by atoms with van der Waals surface area (Å²) in [6.45, 7) is -0.301. The number of nitrogens with two attached hydrogens (primary N) is 1. The number of benzene rings is 3. The molecular formula is C23H23N5O4. The van der Waals surface area contributed by atoms with E-state index < -0.39 is 23.8 Å². The molecule has 0 heterocycles. The minimum Gasteiger partial charge on any atom is -0.481 e. The molecular weight excluding hydrogens is 410 g/mol. The van der Waals surface area contributed by atoms with E-state index in [0.29, 0.717) is 16.8 Å². The zero-order valence-electron chi connectivity index (χ0n) is 17.1. The number of carbonyl (C=O) groups excluding carboxylic acids is 2. The van der Waals surface area contributed by atoms with Crippen LogP contribution in [0.1, 0.15) is 28.4 Å². The molecule has 0 saturated heterocycles. The molecule has 3 rings (SSSR count). The molecule has 6 N–H and O–H groups in total. The number of carboxylic acids is 1. The predicted octanol–water partition coefficient (Wildman–Crippen LogP) is 2.22. The summed E-state index contributed by atoms with van der Waals surface area (Å²) in [5, 5.41) is 22.6. The maximum absolute atomic E-state index is 12.5. The van der Waals surface area contributed by atoms with Gasteiger partial charge >= 0.3 is 5.97 Å². The third-order valence-electron chi connectivity index (χ3n) is 4.73. The minimum atomic E-state index is -1.04. The molecule has 9 nitrogen and oxygen atoms in total. The predicted molar refractivity (Wildman–Crippen MR) is 122 cm³/mol. The van der Waals surface area contributed by atoms with Crippen molar-refractivity contribution in [3.63, 3.8) is 0 Å². The van der Waals surface area contributed by atoms with Gasteiger partial charge in [0.1, 0.15) is 6.34 Å². The number of nitrogens with one attached hydrogen (secondary N) is 3. The van der Waals surface area contributed by atoms with Crippen LogP contribution in [0.4, 0.5) is 5.69 Å². The van der Waals surface area contributed by atoms with Gasteiger partial charge in [-0.1, -0.05) is 42.5 Å². The Kier molecular flexibility index (Phi) is 7.37. The molecule has 0 bridgehead atoms. The van der Waals surface area contributed by atoms with Crippen molar-refractivity contribution >= 4 is 40.6 Å². The van der Waals surface area contributed by atoms with Crippen LogP contribution in [0.25, 0.3) is 10.8 Å². The van der Waals surface area contributed by atoms with Crippen molar-refractivity contribution in [1.82, 2.24) is 10.6 Å². The van der Waals surface area contributed by atoms with Gasteiger partial charge in [0.2, 0.25) is 5.91 Å². The fraction of sp³-hybridized carbons (Fsp3) is 0.130. The number of anilines is 1. The highest BCUT2D eigenvalue weighted by Crippen LogP contribution is 2.22. The van der Waals surface area contributed by atoms with E-state index in [4.69, 9.17) is 5.84 Å². The molecule has 0 aromatic heterocycles. The molecule has 0 aliphatic heterocycles. The lowest BCUT2D eigenvalue weighted by molar-refractivity contribution is -0.137. The topological polar surface area (TPSA) is 146 Å². The van der Waals surface area contributed by atoms with Gasteiger partial charge in [-0.25, -0.2) is 0 Å². The monoisotopic (exact) mass is 433 g/mol. The van der Waals surface area contributed by atoms with Gasteiger partial charge in [0.25, 0.3) is 5.91 Å². The summed E-state index contributed by atoms with van der Waals surface area (Å²) in [5.41, 5.74) is 1.62. The van der Waals surface area contributed by atoms with Gasteiger partial charge in [0.15, 0.2) is 0 Å². The van der Waals surface area contributed by atoms with E-state index in [-0.39, 0.29) is 13.0 Å². The second kappa shape index (κ2) is 10.6. The summed E-state index contributed by atoms with van der Waals surface area (Å²) in [4.78, 5) is 36.2. The molecule has 2 amide bonds. The summed E-state index contributed by atoms with van der Waals surface area (Å²) in [6.07, 6.45) is 0.994. The largest absolute Gasteiger partial charge is 0.481 e. The van der Waals surface area contributed by atoms with E-state index in [2.05, 4.69) is 21.1 Å². The van der Waals surface area contributed by atoms with Crippen LogP contribution in [-0.2, 0) is 9.59 Å². The van der Waals surface area contributed by atoms with E-state index >= 15 is 0 Å². The lowest BCUT2D eigenvalue weighted by Gasteiger charge is -2.18. The molecule has 9 heteroatoms. The first-order valence-electron chi connectivity index (χ1n) is 9.82. The molecule has 0 radical (unpaired) electrons. The Morgan fingerprint density at radius 3 is 2.53 bits per heavy atom. The molecule has 0 aliphatic carbocycles. The van der Waals surface area contributed by atoms with Crippen LogP contribution in [0.2, 0.25) is 0 Å². The van der Waals surface area contributed by atoms with Crippen LogP contribution in [-0.4, -0.2) is 35.8 Å². The number of aliphatic carboxylic acids is 1. The normalized spacial score (nSPS) is 11.8. The van der Waals surface area contributed by atoms with Crippen LogP contribution in [0.5, 0.6) is 0 Å². The van der Waals surface area contributed by atoms with Gasteiger partial charge in [0.05, 0.1) is 19.0 Å². The van der Waals surface area contributed by atoms with E-state index in [1.54, 1.807) is 30.3 Å². The first kappa shape index (κ1) is 22.3. The lowest BCUT2D eigenvalue weighted by atomic mass is 9.99. The summed E-state index contributed by atoms with van der Waals surface area (Å²) in [6, 6.07) is 19.0. The van der Waals surface area contributed by atoms with Crippen molar-refractivity contribution in [2.45, 2.75) is 12.5 Å². The molecule has 32 heavy (non-hydrogen) atoms. The summed E-state index contributed by atoms with van der Waals surface area (Å²) < 4.78 is 0. The van der Waals surface area contributed by atoms with Crippen LogP contribution in [0.15, 0.2) is 71.8 Å². The zero-order chi connectivity index (χ0) is 22.9. The van der Waals surface area contributed by atoms with Gasteiger partial charge in [-0.05, 0) is 40.6 Å². The Morgan fingerprint density at radius 1 is 1.00 bits per heavy atom. The first-order valence-corrected chi connectivity index (χ1v) is 9.82. The lowest BCUT2D eigenvalue weighted by Crippen LogP contribution is -2.39. The number of fused-ring (bicyclic) bond motifs is 1. The van der Waals surface area contributed by atoms with Crippen molar-refractivity contribution in [2.75, 3.05) is 11.9 Å². The van der Waals surface area contributed by atoms with Crippen molar-refractivity contribution < 1.29 is 19.5 Å². The number of nitrogens with zero attached hydrogens (tertiary/aromatic N) is 1. The molecule has 3 aromatic rings. The number of hydrazone groups is 1. The van der Waals surface area contributed by atoms with Crippen LogP contribution >= 0.6 is 0 Å². The third kappa shape index (κ3) is 6.05. The Labute approximate surface area is 184 Å². The first-order chi connectivity index (χ1) is 15.5. The second-order valence-electron chi connectivity index (χ2n) is 7.01. The van der Waals surface area contributed by atoms with Crippen molar-refractivity contribution in [1.29, 1.82) is 0 Å². The standard InChI is InChI=1S/C23H23N5O4/c24-27-14-26-19-7-3-6-18(11-19)23(32)25-13-21(29)28-20(12-22(30)31)17-9-8-15-4-1-2-5-16(15)10-17/h1-11,14,20H,12-13,24H2,(H,25,32)(H,26,27)(H,28,29)(H,30,31). The molecule has 1 atom stereocenters. The quantitative estimate of drug-likeness (QED) is 0.151. The number of amides is 2. The SMILES string of the molecule is NN=CNc1cccc(C(=O)NCC(=O)NC(CC(=O)O)c2ccc3ccccc3c2)c1. The molecule has 0 aliphatic rings. The van der Waals surface area contributed by atoms with Crippen LogP contribution < -0.4 is 21.8 Å². The Morgan fingerprint density at radius 2 is 1.78 bits per heavy atom.